The van der Waals surface area contributed by atoms with Crippen LogP contribution < -0.4 is 40.0 Å². The van der Waals surface area contributed by atoms with Crippen molar-refractivity contribution < 1.29 is 73.0 Å². The maximum atomic E-state index is 12.5. The minimum Gasteiger partial charge on any atom is -0.543 e. The Labute approximate surface area is 200 Å². The van der Waals surface area contributed by atoms with Gasteiger partial charge in [-0.1, -0.05) is 5.16 Å². The molecule has 2 atom stereocenters. The summed E-state index contributed by atoms with van der Waals surface area (Å²) in [6, 6.07) is -0.978. The number of aromatic nitrogens is 2. The molecule has 3 heterocycles. The molecule has 1 aromatic heterocycles. The Hall–Kier alpha value is -2.42. The van der Waals surface area contributed by atoms with E-state index in [1.54, 1.807) is 0 Å². The monoisotopic (exact) mass is 462 g/mol. The molecule has 0 spiro atoms. The van der Waals surface area contributed by atoms with Gasteiger partial charge in [0.25, 0.3) is 5.91 Å². The fourth-order valence-electron chi connectivity index (χ4n) is 2.90. The van der Waals surface area contributed by atoms with Crippen LogP contribution in [0.3, 0.4) is 0 Å². The summed E-state index contributed by atoms with van der Waals surface area (Å²) in [7, 11) is 0. The van der Waals surface area contributed by atoms with E-state index in [9.17, 15) is 29.1 Å². The molecule has 0 radical (unpaired) electrons. The van der Waals surface area contributed by atoms with Crippen LogP contribution in [0.4, 0.5) is 0 Å². The van der Waals surface area contributed by atoms with Gasteiger partial charge in [-0.05, 0) is 0 Å². The minimum atomic E-state index is -1.59. The molecule has 1 aromatic rings. The van der Waals surface area contributed by atoms with Gasteiger partial charge in [-0.25, -0.2) is 0 Å². The summed E-state index contributed by atoms with van der Waals surface area (Å²) in [4.78, 5) is 62.5. The number of thioether (sulfide) groups is 1. The second-order valence-electron chi connectivity index (χ2n) is 6.33. The SMILES string of the molecule is CC(=O)OCC1=C(C(=O)[O-])N2C(=O)[C@@H](NC(=O)Cc3nc(CC(=O)O)no3)[C@H]2SC1.[Na+]. The summed E-state index contributed by atoms with van der Waals surface area (Å²) in [6.45, 7) is 0.890. The van der Waals surface area contributed by atoms with Crippen LogP contribution in [0.2, 0.25) is 0 Å². The van der Waals surface area contributed by atoms with Gasteiger partial charge in [-0.2, -0.15) is 4.98 Å². The predicted octanol–water partition coefficient (Wildman–Crippen LogP) is -5.79. The first-order valence-electron chi connectivity index (χ1n) is 8.51. The van der Waals surface area contributed by atoms with E-state index < -0.39 is 47.6 Å². The average Bonchev–Trinajstić information content (AvgIpc) is 3.09. The summed E-state index contributed by atoms with van der Waals surface area (Å²) < 4.78 is 9.61. The van der Waals surface area contributed by atoms with Gasteiger partial charge in [0.05, 0.1) is 11.7 Å². The predicted molar refractivity (Wildman–Crippen MR) is 93.0 cm³/mol. The number of nitrogens with one attached hydrogen (secondary N) is 1. The van der Waals surface area contributed by atoms with Gasteiger partial charge in [0, 0.05) is 18.2 Å². The summed E-state index contributed by atoms with van der Waals surface area (Å²) in [5.41, 5.74) is -0.146. The third-order valence-electron chi connectivity index (χ3n) is 4.14. The fraction of sp³-hybridized carbons (Fsp3) is 0.438. The topological polar surface area (TPSA) is 192 Å². The van der Waals surface area contributed by atoms with Crippen molar-refractivity contribution in [3.05, 3.63) is 23.0 Å². The molecule has 13 nitrogen and oxygen atoms in total. The molecular formula is C16H15N4NaO9S. The van der Waals surface area contributed by atoms with Crippen molar-refractivity contribution in [2.75, 3.05) is 12.4 Å². The van der Waals surface area contributed by atoms with E-state index in [0.717, 1.165) is 4.90 Å². The van der Waals surface area contributed by atoms with Crippen molar-refractivity contribution in [3.63, 3.8) is 0 Å². The van der Waals surface area contributed by atoms with Crippen molar-refractivity contribution in [2.24, 2.45) is 0 Å². The molecule has 15 heteroatoms. The van der Waals surface area contributed by atoms with E-state index in [-0.39, 0.29) is 71.3 Å². The van der Waals surface area contributed by atoms with Gasteiger partial charge >= 0.3 is 41.5 Å². The molecule has 2 aliphatic heterocycles. The number of carboxylic acid groups (broad SMARTS) is 2. The summed E-state index contributed by atoms with van der Waals surface area (Å²) in [6.07, 6.45) is -0.845. The van der Waals surface area contributed by atoms with E-state index in [2.05, 4.69) is 15.5 Å². The van der Waals surface area contributed by atoms with Crippen molar-refractivity contribution in [3.8, 4) is 0 Å². The number of hydrogen-bond acceptors (Lipinski definition) is 11. The van der Waals surface area contributed by atoms with Gasteiger partial charge in [-0.15, -0.1) is 11.8 Å². The Kier molecular flexibility index (Phi) is 8.22. The molecule has 0 saturated carbocycles. The van der Waals surface area contributed by atoms with Gasteiger partial charge in [0.1, 0.15) is 30.9 Å². The summed E-state index contributed by atoms with van der Waals surface area (Å²) in [5, 5.41) is 25.4. The number of fused-ring (bicyclic) bond motifs is 1. The number of ether oxygens (including phenoxy) is 1. The molecule has 1 fully saturated rings. The fourth-order valence-corrected chi connectivity index (χ4v) is 4.23. The molecule has 0 bridgehead atoms. The second-order valence-corrected chi connectivity index (χ2v) is 7.43. The maximum Gasteiger partial charge on any atom is 1.00 e. The molecule has 0 aromatic carbocycles. The zero-order valence-corrected chi connectivity index (χ0v) is 19.3. The number of aliphatic carboxylic acids is 2. The van der Waals surface area contributed by atoms with E-state index >= 15 is 0 Å². The Morgan fingerprint density at radius 2 is 2.06 bits per heavy atom. The number of carbonyl (C=O) groups excluding carboxylic acids is 4. The largest absolute Gasteiger partial charge is 1.00 e. The normalized spacial score (nSPS) is 19.6. The van der Waals surface area contributed by atoms with Gasteiger partial charge < -0.3 is 29.6 Å². The molecule has 31 heavy (non-hydrogen) atoms. The second kappa shape index (κ2) is 10.3. The minimum absolute atomic E-state index is 0. The number of rotatable bonds is 8. The molecule has 2 amide bonds. The number of β-lactam (4-membered cyclic amide) rings is 1. The average molecular weight is 462 g/mol. The number of esters is 1. The molecule has 3 rings (SSSR count). The van der Waals surface area contributed by atoms with Crippen LogP contribution in [0, 0.1) is 0 Å². The zero-order valence-electron chi connectivity index (χ0n) is 16.4. The van der Waals surface area contributed by atoms with Crippen molar-refractivity contribution in [2.45, 2.75) is 31.2 Å². The van der Waals surface area contributed by atoms with Gasteiger partial charge in [-0.3, -0.25) is 24.1 Å². The Balaban J connectivity index is 0.00000341. The van der Waals surface area contributed by atoms with Gasteiger partial charge in [0.2, 0.25) is 11.8 Å². The van der Waals surface area contributed by atoms with Crippen LogP contribution >= 0.6 is 11.8 Å². The first-order valence-corrected chi connectivity index (χ1v) is 9.56. The number of amides is 2. The van der Waals surface area contributed by atoms with E-state index in [4.69, 9.17) is 14.4 Å². The third kappa shape index (κ3) is 5.64. The summed E-state index contributed by atoms with van der Waals surface area (Å²) in [5.74, 6) is -4.69. The van der Waals surface area contributed by atoms with E-state index in [0.29, 0.717) is 0 Å². The first-order chi connectivity index (χ1) is 14.2. The van der Waals surface area contributed by atoms with Crippen molar-refractivity contribution in [1.82, 2.24) is 20.4 Å². The smallest absolute Gasteiger partial charge is 0.543 e. The molecule has 1 saturated heterocycles. The Morgan fingerprint density at radius 3 is 2.68 bits per heavy atom. The molecular weight excluding hydrogens is 447 g/mol. The van der Waals surface area contributed by atoms with E-state index in [1.165, 1.54) is 18.7 Å². The van der Waals surface area contributed by atoms with Crippen molar-refractivity contribution in [1.29, 1.82) is 0 Å². The standard InChI is InChI=1S/C16H16N4O9S.Na/c1-6(21)28-4-7-5-30-15-12(14(25)20(15)13(7)16(26)27)18-9(22)3-10-17-8(19-29-10)2-11(23)24;/h12,15H,2-5H2,1H3,(H,18,22)(H,23,24)(H,26,27);/q;+1/p-1/t12-,15-;/m1./s1. The summed E-state index contributed by atoms with van der Waals surface area (Å²) >= 11 is 1.20. The zero-order chi connectivity index (χ0) is 22.0. The molecule has 2 aliphatic rings. The molecule has 160 valence electrons. The number of hydrogen-bond donors (Lipinski definition) is 2. The quantitative estimate of drug-likeness (QED) is 0.212. The first kappa shape index (κ1) is 24.8. The molecule has 0 unspecified atom stereocenters. The van der Waals surface area contributed by atoms with Crippen molar-refractivity contribution >= 4 is 41.5 Å². The van der Waals surface area contributed by atoms with Crippen LogP contribution in [-0.2, 0) is 41.6 Å². The van der Waals surface area contributed by atoms with Crippen LogP contribution in [0.25, 0.3) is 0 Å². The van der Waals surface area contributed by atoms with Crippen LogP contribution in [0.15, 0.2) is 15.8 Å². The third-order valence-corrected chi connectivity index (χ3v) is 5.48. The van der Waals surface area contributed by atoms with Crippen LogP contribution in [0.1, 0.15) is 18.6 Å². The molecule has 2 N–H and O–H groups in total. The number of carboxylic acids is 2. The van der Waals surface area contributed by atoms with Gasteiger partial charge in [0.15, 0.2) is 5.82 Å². The number of nitrogens with zero attached hydrogens (tertiary/aromatic N) is 3. The maximum absolute atomic E-state index is 12.5. The van der Waals surface area contributed by atoms with Crippen LogP contribution in [0.5, 0.6) is 0 Å². The van der Waals surface area contributed by atoms with E-state index in [1.807, 2.05) is 0 Å². The van der Waals surface area contributed by atoms with Crippen LogP contribution in [-0.4, -0.2) is 73.6 Å². The Morgan fingerprint density at radius 1 is 1.35 bits per heavy atom. The number of carbonyl (C=O) groups is 5. The Bertz CT molecular complexity index is 963. The molecule has 0 aliphatic carbocycles.